The fourth-order valence-electron chi connectivity index (χ4n) is 2.13. The standard InChI is InChI=1S/C16H16N2O5S/c1-22-16(21)13-9-18(6-7-24-13)14(19)10-23-15(20)12-4-2-11(8-17)3-5-12/h2-5,13H,6-7,9-10H2,1H3/t13-/m0/s1. The summed E-state index contributed by atoms with van der Waals surface area (Å²) in [4.78, 5) is 37.1. The molecule has 1 amide bonds. The quantitative estimate of drug-likeness (QED) is 0.744. The number of rotatable bonds is 4. The highest BCUT2D eigenvalue weighted by atomic mass is 32.2. The largest absolute Gasteiger partial charge is 0.468 e. The van der Waals surface area contributed by atoms with Crippen molar-refractivity contribution >= 4 is 29.6 Å². The van der Waals surface area contributed by atoms with Gasteiger partial charge in [-0.3, -0.25) is 9.59 Å². The van der Waals surface area contributed by atoms with Crippen LogP contribution in [0.3, 0.4) is 0 Å². The molecule has 1 aromatic carbocycles. The third kappa shape index (κ3) is 4.49. The Balaban J connectivity index is 1.86. The Labute approximate surface area is 143 Å². The van der Waals surface area contributed by atoms with Crippen molar-refractivity contribution in [1.29, 1.82) is 5.26 Å². The molecule has 0 radical (unpaired) electrons. The molecule has 2 rings (SSSR count). The molecule has 1 saturated heterocycles. The zero-order valence-electron chi connectivity index (χ0n) is 13.1. The van der Waals surface area contributed by atoms with E-state index in [1.807, 2.05) is 6.07 Å². The second-order valence-electron chi connectivity index (χ2n) is 4.99. The van der Waals surface area contributed by atoms with Gasteiger partial charge in [0.25, 0.3) is 5.91 Å². The van der Waals surface area contributed by atoms with Crippen LogP contribution < -0.4 is 0 Å². The summed E-state index contributed by atoms with van der Waals surface area (Å²) in [6.07, 6.45) is 0. The molecule has 0 aromatic heterocycles. The topological polar surface area (TPSA) is 96.7 Å². The predicted octanol–water partition coefficient (Wildman–Crippen LogP) is 0.832. The van der Waals surface area contributed by atoms with E-state index in [1.165, 1.54) is 48.0 Å². The van der Waals surface area contributed by atoms with Crippen LogP contribution in [0.1, 0.15) is 15.9 Å². The number of methoxy groups -OCH3 is 1. The van der Waals surface area contributed by atoms with Gasteiger partial charge in [-0.1, -0.05) is 0 Å². The van der Waals surface area contributed by atoms with Crippen LogP contribution in [-0.4, -0.2) is 60.6 Å². The molecule has 0 bridgehead atoms. The minimum Gasteiger partial charge on any atom is -0.468 e. The van der Waals surface area contributed by atoms with Gasteiger partial charge >= 0.3 is 11.9 Å². The van der Waals surface area contributed by atoms with Gasteiger partial charge in [0.15, 0.2) is 6.61 Å². The summed E-state index contributed by atoms with van der Waals surface area (Å²) >= 11 is 1.44. The molecule has 1 atom stereocenters. The summed E-state index contributed by atoms with van der Waals surface area (Å²) in [7, 11) is 1.31. The van der Waals surface area contributed by atoms with E-state index < -0.39 is 17.8 Å². The van der Waals surface area contributed by atoms with E-state index in [-0.39, 0.29) is 24.0 Å². The highest BCUT2D eigenvalue weighted by molar-refractivity contribution is 8.00. The van der Waals surface area contributed by atoms with Gasteiger partial charge in [0.05, 0.1) is 24.3 Å². The first kappa shape index (κ1) is 17.8. The third-order valence-electron chi connectivity index (χ3n) is 3.46. The first-order valence-corrected chi connectivity index (χ1v) is 8.24. The van der Waals surface area contributed by atoms with Crippen LogP contribution in [0.4, 0.5) is 0 Å². The van der Waals surface area contributed by atoms with Gasteiger partial charge in [0.2, 0.25) is 0 Å². The molecule has 1 heterocycles. The monoisotopic (exact) mass is 348 g/mol. The summed E-state index contributed by atoms with van der Waals surface area (Å²) in [6.45, 7) is 0.341. The molecular weight excluding hydrogens is 332 g/mol. The Morgan fingerprint density at radius 3 is 2.67 bits per heavy atom. The Bertz CT molecular complexity index is 668. The number of ether oxygens (including phenoxy) is 2. The van der Waals surface area contributed by atoms with E-state index in [9.17, 15) is 14.4 Å². The average molecular weight is 348 g/mol. The van der Waals surface area contributed by atoms with E-state index in [2.05, 4.69) is 4.74 Å². The molecule has 0 N–H and O–H groups in total. The molecule has 1 aliphatic rings. The van der Waals surface area contributed by atoms with E-state index in [0.29, 0.717) is 17.9 Å². The van der Waals surface area contributed by atoms with Crippen molar-refractivity contribution in [1.82, 2.24) is 4.90 Å². The molecule has 1 fully saturated rings. The second kappa shape index (κ2) is 8.36. The van der Waals surface area contributed by atoms with Crippen LogP contribution in [0.5, 0.6) is 0 Å². The fourth-order valence-corrected chi connectivity index (χ4v) is 3.26. The van der Waals surface area contributed by atoms with Crippen LogP contribution in [0.25, 0.3) is 0 Å². The predicted molar refractivity (Wildman–Crippen MR) is 86.3 cm³/mol. The first-order chi connectivity index (χ1) is 11.5. The maximum atomic E-state index is 12.1. The summed E-state index contributed by atoms with van der Waals surface area (Å²) in [5, 5.41) is 8.30. The molecule has 0 saturated carbocycles. The van der Waals surface area contributed by atoms with E-state index in [4.69, 9.17) is 10.00 Å². The zero-order valence-corrected chi connectivity index (χ0v) is 13.9. The Hall–Kier alpha value is -2.53. The molecule has 126 valence electrons. The van der Waals surface area contributed by atoms with Crippen molar-refractivity contribution in [3.63, 3.8) is 0 Å². The molecule has 1 aliphatic heterocycles. The second-order valence-corrected chi connectivity index (χ2v) is 6.30. The Kier molecular flexibility index (Phi) is 6.21. The van der Waals surface area contributed by atoms with Crippen molar-refractivity contribution in [2.45, 2.75) is 5.25 Å². The molecule has 1 aromatic rings. The molecular formula is C16H16N2O5S. The molecule has 0 aliphatic carbocycles. The molecule has 7 nitrogen and oxygen atoms in total. The number of thioether (sulfide) groups is 1. The minimum absolute atomic E-state index is 0.241. The number of carbonyl (C=O) groups excluding carboxylic acids is 3. The van der Waals surface area contributed by atoms with Crippen LogP contribution in [-0.2, 0) is 19.1 Å². The molecule has 0 spiro atoms. The number of hydrogen-bond acceptors (Lipinski definition) is 7. The lowest BCUT2D eigenvalue weighted by Crippen LogP contribution is -2.46. The molecule has 24 heavy (non-hydrogen) atoms. The fraction of sp³-hybridized carbons (Fsp3) is 0.375. The molecule has 8 heteroatoms. The maximum absolute atomic E-state index is 12.1. The number of hydrogen-bond donors (Lipinski definition) is 0. The van der Waals surface area contributed by atoms with Crippen molar-refractivity contribution in [2.24, 2.45) is 0 Å². The lowest BCUT2D eigenvalue weighted by Gasteiger charge is -2.30. The highest BCUT2D eigenvalue weighted by Crippen LogP contribution is 2.19. The summed E-state index contributed by atoms with van der Waals surface area (Å²) in [5.41, 5.74) is 0.700. The number of nitriles is 1. The van der Waals surface area contributed by atoms with Crippen LogP contribution in [0, 0.1) is 11.3 Å². The van der Waals surface area contributed by atoms with Crippen molar-refractivity contribution in [2.75, 3.05) is 32.6 Å². The van der Waals surface area contributed by atoms with Gasteiger partial charge < -0.3 is 14.4 Å². The van der Waals surface area contributed by atoms with Gasteiger partial charge in [-0.25, -0.2) is 4.79 Å². The average Bonchev–Trinajstić information content (AvgIpc) is 2.65. The van der Waals surface area contributed by atoms with E-state index >= 15 is 0 Å². The minimum atomic E-state index is -0.635. The maximum Gasteiger partial charge on any atom is 0.338 e. The van der Waals surface area contributed by atoms with Crippen molar-refractivity contribution in [3.8, 4) is 6.07 Å². The van der Waals surface area contributed by atoms with Crippen LogP contribution in [0.15, 0.2) is 24.3 Å². The van der Waals surface area contributed by atoms with Crippen molar-refractivity contribution in [3.05, 3.63) is 35.4 Å². The van der Waals surface area contributed by atoms with Gasteiger partial charge in [-0.05, 0) is 24.3 Å². The van der Waals surface area contributed by atoms with Crippen molar-refractivity contribution < 1.29 is 23.9 Å². The number of carbonyl (C=O) groups is 3. The lowest BCUT2D eigenvalue weighted by molar-refractivity contribution is -0.141. The summed E-state index contributed by atoms with van der Waals surface area (Å²) in [5.74, 6) is -0.739. The first-order valence-electron chi connectivity index (χ1n) is 7.19. The van der Waals surface area contributed by atoms with Crippen LogP contribution >= 0.6 is 11.8 Å². The number of nitrogens with zero attached hydrogens (tertiary/aromatic N) is 2. The Morgan fingerprint density at radius 2 is 2.04 bits per heavy atom. The number of benzene rings is 1. The van der Waals surface area contributed by atoms with Gasteiger partial charge in [0.1, 0.15) is 5.25 Å². The summed E-state index contributed by atoms with van der Waals surface area (Å²) in [6, 6.07) is 7.89. The molecule has 0 unspecified atom stereocenters. The Morgan fingerprint density at radius 1 is 1.33 bits per heavy atom. The third-order valence-corrected chi connectivity index (χ3v) is 4.62. The van der Waals surface area contributed by atoms with E-state index in [0.717, 1.165) is 0 Å². The van der Waals surface area contributed by atoms with Gasteiger partial charge in [-0.2, -0.15) is 5.26 Å². The zero-order chi connectivity index (χ0) is 17.5. The normalized spacial score (nSPS) is 16.8. The van der Waals surface area contributed by atoms with Gasteiger partial charge in [-0.15, -0.1) is 11.8 Å². The smallest absolute Gasteiger partial charge is 0.338 e. The number of amides is 1. The number of esters is 2. The van der Waals surface area contributed by atoms with E-state index in [1.54, 1.807) is 0 Å². The lowest BCUT2D eigenvalue weighted by atomic mass is 10.1. The SMILES string of the molecule is COC(=O)[C@@H]1CN(C(=O)COC(=O)c2ccc(C#N)cc2)CCS1. The highest BCUT2D eigenvalue weighted by Gasteiger charge is 2.30. The van der Waals surface area contributed by atoms with Gasteiger partial charge in [0, 0.05) is 18.8 Å². The summed E-state index contributed by atoms with van der Waals surface area (Å²) < 4.78 is 9.69. The van der Waals surface area contributed by atoms with Crippen LogP contribution in [0.2, 0.25) is 0 Å².